The summed E-state index contributed by atoms with van der Waals surface area (Å²) in [5.41, 5.74) is 4.92. The van der Waals surface area contributed by atoms with E-state index in [1.165, 1.54) is 6.33 Å². The van der Waals surface area contributed by atoms with Crippen molar-refractivity contribution in [1.82, 2.24) is 20.1 Å². The monoisotopic (exact) mass is 255 g/mol. The van der Waals surface area contributed by atoms with Gasteiger partial charge in [0.25, 0.3) is 0 Å². The number of primary amides is 1. The molecule has 0 saturated heterocycles. The Kier molecular flexibility index (Phi) is 3.39. The van der Waals surface area contributed by atoms with Crippen LogP contribution in [0.4, 0.5) is 0 Å². The van der Waals surface area contributed by atoms with Gasteiger partial charge in [0.05, 0.1) is 5.54 Å². The summed E-state index contributed by atoms with van der Waals surface area (Å²) in [5.74, 6) is -0.263. The summed E-state index contributed by atoms with van der Waals surface area (Å²) in [7, 11) is 3.66. The molecule has 2 rings (SSSR count). The molecule has 0 aliphatic heterocycles. The number of carbonyl (C=O) groups excluding carboxylic acids is 1. The van der Waals surface area contributed by atoms with Gasteiger partial charge in [-0.25, -0.2) is 9.67 Å². The fraction of sp³-hybridized carbons (Fsp3) is 0.700. The summed E-state index contributed by atoms with van der Waals surface area (Å²) in [6.45, 7) is 0. The van der Waals surface area contributed by atoms with Gasteiger partial charge < -0.3 is 11.1 Å². The third kappa shape index (κ3) is 2.30. The van der Waals surface area contributed by atoms with Gasteiger partial charge in [0.1, 0.15) is 6.33 Å². The molecule has 0 spiro atoms. The molecule has 1 saturated carbocycles. The van der Waals surface area contributed by atoms with Gasteiger partial charge in [-0.2, -0.15) is 5.10 Å². The van der Waals surface area contributed by atoms with E-state index in [1.807, 2.05) is 7.05 Å². The molecule has 3 N–H and O–H groups in total. The Morgan fingerprint density at radius 2 is 2.53 bits per heavy atom. The van der Waals surface area contributed by atoms with Crippen molar-refractivity contribution in [2.75, 3.05) is 7.05 Å². The number of amides is 1. The van der Waals surface area contributed by atoms with E-state index >= 15 is 0 Å². The van der Waals surface area contributed by atoms with Gasteiger partial charge in [-0.1, -0.05) is 11.8 Å². The van der Waals surface area contributed by atoms with Gasteiger partial charge in [0, 0.05) is 12.3 Å². The minimum Gasteiger partial charge on any atom is -0.368 e. The lowest BCUT2D eigenvalue weighted by Gasteiger charge is -2.24. The molecule has 1 fully saturated rings. The number of likely N-dealkylation sites (N-methyl/N-ethyl adjacent to an activating group) is 1. The highest BCUT2D eigenvalue weighted by Crippen LogP contribution is 2.39. The summed E-state index contributed by atoms with van der Waals surface area (Å²) in [4.78, 5) is 15.7. The Bertz CT molecular complexity index is 421. The number of nitrogens with one attached hydrogen (secondary N) is 1. The van der Waals surface area contributed by atoms with Crippen molar-refractivity contribution in [1.29, 1.82) is 0 Å². The summed E-state index contributed by atoms with van der Waals surface area (Å²) in [6, 6.07) is 0. The Morgan fingerprint density at radius 3 is 3.00 bits per heavy atom. The molecule has 1 aliphatic carbocycles. The number of carbonyl (C=O) groups is 1. The molecule has 94 valence electrons. The van der Waals surface area contributed by atoms with Gasteiger partial charge in [-0.3, -0.25) is 4.79 Å². The first-order valence-corrected chi connectivity index (χ1v) is 6.45. The average Bonchev–Trinajstić information content (AvgIpc) is 2.88. The molecule has 0 aromatic carbocycles. The number of hydrogen-bond donors (Lipinski definition) is 2. The largest absolute Gasteiger partial charge is 0.368 e. The fourth-order valence-electron chi connectivity index (χ4n) is 2.22. The Hall–Kier alpha value is -1.08. The molecule has 17 heavy (non-hydrogen) atoms. The van der Waals surface area contributed by atoms with Gasteiger partial charge >= 0.3 is 0 Å². The zero-order valence-electron chi connectivity index (χ0n) is 10.0. The minimum atomic E-state index is -0.545. The van der Waals surface area contributed by atoms with Gasteiger partial charge in [-0.15, -0.1) is 0 Å². The quantitative estimate of drug-likeness (QED) is 0.785. The predicted octanol–water partition coefficient (Wildman–Crippen LogP) is -0.0968. The standard InChI is InChI=1S/C10H17N5OS/c1-12-10(8(11)16)4-3-7(5-10)17-9-13-6-14-15(9)2/h6-7,12H,3-5H2,1-2H3,(H2,11,16). The number of nitrogens with two attached hydrogens (primary N) is 1. The fourth-order valence-corrected chi connectivity index (χ4v) is 3.43. The lowest BCUT2D eigenvalue weighted by Crippen LogP contribution is -2.52. The topological polar surface area (TPSA) is 85.8 Å². The Labute approximate surface area is 104 Å². The highest BCUT2D eigenvalue weighted by molar-refractivity contribution is 7.99. The third-order valence-electron chi connectivity index (χ3n) is 3.36. The van der Waals surface area contributed by atoms with Crippen molar-refractivity contribution in [3.63, 3.8) is 0 Å². The minimum absolute atomic E-state index is 0.263. The molecule has 1 amide bonds. The smallest absolute Gasteiger partial charge is 0.237 e. The summed E-state index contributed by atoms with van der Waals surface area (Å²) in [6.07, 6.45) is 4.03. The van der Waals surface area contributed by atoms with Gasteiger partial charge in [0.15, 0.2) is 5.16 Å². The van der Waals surface area contributed by atoms with Crippen LogP contribution in [0.5, 0.6) is 0 Å². The molecule has 0 radical (unpaired) electrons. The van der Waals surface area contributed by atoms with Crippen LogP contribution in [0.25, 0.3) is 0 Å². The molecule has 1 aromatic rings. The van der Waals surface area contributed by atoms with E-state index in [1.54, 1.807) is 23.5 Å². The highest BCUT2D eigenvalue weighted by Gasteiger charge is 2.43. The van der Waals surface area contributed by atoms with Crippen molar-refractivity contribution in [3.05, 3.63) is 6.33 Å². The highest BCUT2D eigenvalue weighted by atomic mass is 32.2. The van der Waals surface area contributed by atoms with E-state index in [4.69, 9.17) is 5.73 Å². The zero-order valence-corrected chi connectivity index (χ0v) is 10.8. The lowest BCUT2D eigenvalue weighted by atomic mass is 9.97. The number of thioether (sulfide) groups is 1. The molecule has 0 bridgehead atoms. The number of hydrogen-bond acceptors (Lipinski definition) is 5. The second-order valence-corrected chi connectivity index (χ2v) is 5.61. The molecular formula is C10H17N5OS. The van der Waals surface area contributed by atoms with Crippen LogP contribution >= 0.6 is 11.8 Å². The average molecular weight is 255 g/mol. The maximum atomic E-state index is 11.5. The van der Waals surface area contributed by atoms with Crippen molar-refractivity contribution in [2.45, 2.75) is 35.2 Å². The van der Waals surface area contributed by atoms with Crippen LogP contribution in [0.3, 0.4) is 0 Å². The Morgan fingerprint density at radius 1 is 1.76 bits per heavy atom. The van der Waals surface area contributed by atoms with E-state index in [0.717, 1.165) is 24.4 Å². The van der Waals surface area contributed by atoms with Crippen LogP contribution in [-0.4, -0.2) is 38.5 Å². The molecular weight excluding hydrogens is 238 g/mol. The SMILES string of the molecule is CNC1(C(N)=O)CCC(Sc2ncnn2C)C1. The van der Waals surface area contributed by atoms with E-state index in [-0.39, 0.29) is 5.91 Å². The Balaban J connectivity index is 2.03. The normalized spacial score (nSPS) is 28.5. The van der Waals surface area contributed by atoms with Gasteiger partial charge in [0.2, 0.25) is 5.91 Å². The first kappa shape index (κ1) is 12.4. The molecule has 6 nitrogen and oxygen atoms in total. The second kappa shape index (κ2) is 4.66. The molecule has 1 aliphatic rings. The van der Waals surface area contributed by atoms with E-state index in [2.05, 4.69) is 15.4 Å². The first-order valence-electron chi connectivity index (χ1n) is 5.57. The second-order valence-electron chi connectivity index (χ2n) is 4.35. The van der Waals surface area contributed by atoms with Crippen molar-refractivity contribution in [2.24, 2.45) is 12.8 Å². The molecule has 2 unspecified atom stereocenters. The maximum absolute atomic E-state index is 11.5. The zero-order chi connectivity index (χ0) is 12.5. The van der Waals surface area contributed by atoms with Crippen LogP contribution in [0.2, 0.25) is 0 Å². The molecule has 1 aromatic heterocycles. The number of aryl methyl sites for hydroxylation is 1. The number of nitrogens with zero attached hydrogens (tertiary/aromatic N) is 3. The van der Waals surface area contributed by atoms with Crippen LogP contribution in [0.1, 0.15) is 19.3 Å². The maximum Gasteiger partial charge on any atom is 0.237 e. The first-order chi connectivity index (χ1) is 8.07. The number of rotatable bonds is 4. The third-order valence-corrected chi connectivity index (χ3v) is 4.68. The van der Waals surface area contributed by atoms with Gasteiger partial charge in [-0.05, 0) is 26.3 Å². The van der Waals surface area contributed by atoms with Crippen molar-refractivity contribution < 1.29 is 4.79 Å². The van der Waals surface area contributed by atoms with E-state index in [0.29, 0.717) is 5.25 Å². The van der Waals surface area contributed by atoms with Crippen LogP contribution in [0.15, 0.2) is 11.5 Å². The molecule has 7 heteroatoms. The molecule has 1 heterocycles. The van der Waals surface area contributed by atoms with Crippen LogP contribution < -0.4 is 11.1 Å². The summed E-state index contributed by atoms with van der Waals surface area (Å²) in [5, 5.41) is 8.34. The lowest BCUT2D eigenvalue weighted by molar-refractivity contribution is -0.124. The summed E-state index contributed by atoms with van der Waals surface area (Å²) < 4.78 is 1.74. The van der Waals surface area contributed by atoms with Crippen molar-refractivity contribution >= 4 is 17.7 Å². The van der Waals surface area contributed by atoms with Crippen LogP contribution in [-0.2, 0) is 11.8 Å². The van der Waals surface area contributed by atoms with Crippen LogP contribution in [0, 0.1) is 0 Å². The van der Waals surface area contributed by atoms with E-state index in [9.17, 15) is 4.79 Å². The van der Waals surface area contributed by atoms with E-state index < -0.39 is 5.54 Å². The predicted molar refractivity (Wildman–Crippen MR) is 65.5 cm³/mol. The number of aromatic nitrogens is 3. The molecule has 2 atom stereocenters. The summed E-state index contributed by atoms with van der Waals surface area (Å²) >= 11 is 1.66. The van der Waals surface area contributed by atoms with Crippen molar-refractivity contribution in [3.8, 4) is 0 Å².